The Morgan fingerprint density at radius 2 is 2.13 bits per heavy atom. The van der Waals surface area contributed by atoms with Crippen molar-refractivity contribution in [2.45, 2.75) is 32.6 Å². The standard InChI is InChI=1S/C13H24N2/c1-3-5-6-9-15-10-7-13(8-11-15)12-14-4-2/h1,13-14H,4-12H2,2H3. The summed E-state index contributed by atoms with van der Waals surface area (Å²) < 4.78 is 0. The van der Waals surface area contributed by atoms with Crippen LogP contribution in [0.4, 0.5) is 0 Å². The third kappa shape index (κ3) is 5.20. The van der Waals surface area contributed by atoms with E-state index in [9.17, 15) is 0 Å². The lowest BCUT2D eigenvalue weighted by atomic mass is 9.96. The molecule has 0 saturated carbocycles. The first-order chi connectivity index (χ1) is 7.36. The molecule has 86 valence electrons. The van der Waals surface area contributed by atoms with Crippen molar-refractivity contribution in [3.05, 3.63) is 0 Å². The predicted octanol–water partition coefficient (Wildman–Crippen LogP) is 1.72. The van der Waals surface area contributed by atoms with Crippen LogP contribution in [0.3, 0.4) is 0 Å². The van der Waals surface area contributed by atoms with Gasteiger partial charge in [-0.25, -0.2) is 0 Å². The Bertz CT molecular complexity index is 187. The molecule has 0 radical (unpaired) electrons. The van der Waals surface area contributed by atoms with Crippen molar-refractivity contribution >= 4 is 0 Å². The average Bonchev–Trinajstić information content (AvgIpc) is 2.28. The number of hydrogen-bond donors (Lipinski definition) is 1. The predicted molar refractivity (Wildman–Crippen MR) is 65.8 cm³/mol. The Labute approximate surface area is 94.4 Å². The van der Waals surface area contributed by atoms with Gasteiger partial charge in [0.05, 0.1) is 0 Å². The number of nitrogens with zero attached hydrogens (tertiary/aromatic N) is 1. The summed E-state index contributed by atoms with van der Waals surface area (Å²) >= 11 is 0. The van der Waals surface area contributed by atoms with Crippen molar-refractivity contribution in [3.63, 3.8) is 0 Å². The molecule has 1 fully saturated rings. The van der Waals surface area contributed by atoms with Crippen molar-refractivity contribution in [1.82, 2.24) is 10.2 Å². The van der Waals surface area contributed by atoms with E-state index in [4.69, 9.17) is 6.42 Å². The highest BCUT2D eigenvalue weighted by molar-refractivity contribution is 4.84. The summed E-state index contributed by atoms with van der Waals surface area (Å²) in [5.41, 5.74) is 0. The molecule has 0 aliphatic carbocycles. The van der Waals surface area contributed by atoms with E-state index in [0.717, 1.165) is 25.3 Å². The van der Waals surface area contributed by atoms with E-state index in [2.05, 4.69) is 23.1 Å². The normalized spacial score (nSPS) is 18.9. The molecule has 15 heavy (non-hydrogen) atoms. The minimum atomic E-state index is 0.897. The maximum atomic E-state index is 5.24. The second-order valence-corrected chi connectivity index (χ2v) is 4.40. The van der Waals surface area contributed by atoms with Gasteiger partial charge >= 0.3 is 0 Å². The molecule has 0 amide bonds. The number of nitrogens with one attached hydrogen (secondary N) is 1. The zero-order chi connectivity index (χ0) is 10.9. The van der Waals surface area contributed by atoms with E-state index < -0.39 is 0 Å². The SMILES string of the molecule is C#CCCCN1CCC(CNCC)CC1. The van der Waals surface area contributed by atoms with Gasteiger partial charge in [-0.2, -0.15) is 0 Å². The van der Waals surface area contributed by atoms with Crippen LogP contribution in [0.5, 0.6) is 0 Å². The summed E-state index contributed by atoms with van der Waals surface area (Å²) in [6, 6.07) is 0. The topological polar surface area (TPSA) is 15.3 Å². The summed E-state index contributed by atoms with van der Waals surface area (Å²) in [7, 11) is 0. The van der Waals surface area contributed by atoms with Gasteiger partial charge in [-0.3, -0.25) is 0 Å². The van der Waals surface area contributed by atoms with E-state index in [1.807, 2.05) is 0 Å². The van der Waals surface area contributed by atoms with Crippen LogP contribution in [-0.4, -0.2) is 37.6 Å². The molecule has 0 aromatic rings. The highest BCUT2D eigenvalue weighted by Crippen LogP contribution is 2.16. The maximum absolute atomic E-state index is 5.24. The van der Waals surface area contributed by atoms with E-state index in [0.29, 0.717) is 0 Å². The third-order valence-corrected chi connectivity index (χ3v) is 3.19. The second kappa shape index (κ2) is 7.73. The first-order valence-corrected chi connectivity index (χ1v) is 6.23. The zero-order valence-electron chi connectivity index (χ0n) is 9.97. The molecule has 1 rings (SSSR count). The fourth-order valence-electron chi connectivity index (χ4n) is 2.17. The van der Waals surface area contributed by atoms with Gasteiger partial charge in [-0.05, 0) is 57.9 Å². The molecule has 1 heterocycles. The van der Waals surface area contributed by atoms with Gasteiger partial charge in [0.25, 0.3) is 0 Å². The van der Waals surface area contributed by atoms with Crippen LogP contribution in [0, 0.1) is 18.3 Å². The van der Waals surface area contributed by atoms with E-state index in [1.165, 1.54) is 39.0 Å². The van der Waals surface area contributed by atoms with Crippen LogP contribution in [0.25, 0.3) is 0 Å². The summed E-state index contributed by atoms with van der Waals surface area (Å²) in [5.74, 6) is 3.60. The van der Waals surface area contributed by atoms with Crippen LogP contribution in [0.1, 0.15) is 32.6 Å². The fourth-order valence-corrected chi connectivity index (χ4v) is 2.17. The summed E-state index contributed by atoms with van der Waals surface area (Å²) in [5, 5.41) is 3.44. The van der Waals surface area contributed by atoms with Gasteiger partial charge in [-0.1, -0.05) is 6.92 Å². The van der Waals surface area contributed by atoms with Crippen LogP contribution in [0.15, 0.2) is 0 Å². The number of piperidine rings is 1. The molecule has 0 bridgehead atoms. The molecule has 0 unspecified atom stereocenters. The Balaban J connectivity index is 2.05. The van der Waals surface area contributed by atoms with Gasteiger partial charge in [0.15, 0.2) is 0 Å². The molecular formula is C13H24N2. The molecule has 0 aromatic heterocycles. The van der Waals surface area contributed by atoms with Gasteiger partial charge < -0.3 is 10.2 Å². The van der Waals surface area contributed by atoms with E-state index in [-0.39, 0.29) is 0 Å². The Morgan fingerprint density at radius 3 is 2.73 bits per heavy atom. The first kappa shape index (κ1) is 12.5. The van der Waals surface area contributed by atoms with E-state index >= 15 is 0 Å². The minimum absolute atomic E-state index is 0.897. The smallest absolute Gasteiger partial charge is 0.00982 e. The van der Waals surface area contributed by atoms with E-state index in [1.54, 1.807) is 0 Å². The lowest BCUT2D eigenvalue weighted by Crippen LogP contribution is -2.37. The highest BCUT2D eigenvalue weighted by atomic mass is 15.1. The van der Waals surface area contributed by atoms with Crippen LogP contribution in [-0.2, 0) is 0 Å². The number of hydrogen-bond acceptors (Lipinski definition) is 2. The molecule has 0 atom stereocenters. The number of rotatable bonds is 6. The quantitative estimate of drug-likeness (QED) is 0.528. The van der Waals surface area contributed by atoms with Crippen molar-refractivity contribution in [3.8, 4) is 12.3 Å². The number of unbranched alkanes of at least 4 members (excludes halogenated alkanes) is 1. The van der Waals surface area contributed by atoms with Crippen LogP contribution in [0.2, 0.25) is 0 Å². The first-order valence-electron chi connectivity index (χ1n) is 6.23. The number of terminal acetylenes is 1. The maximum Gasteiger partial charge on any atom is 0.00982 e. The van der Waals surface area contributed by atoms with Gasteiger partial charge in [-0.15, -0.1) is 12.3 Å². The fraction of sp³-hybridized carbons (Fsp3) is 0.846. The summed E-state index contributed by atoms with van der Waals surface area (Å²) in [4.78, 5) is 2.56. The molecular weight excluding hydrogens is 184 g/mol. The summed E-state index contributed by atoms with van der Waals surface area (Å²) in [6.07, 6.45) is 10.0. The Morgan fingerprint density at radius 1 is 1.40 bits per heavy atom. The second-order valence-electron chi connectivity index (χ2n) is 4.40. The molecule has 2 heteroatoms. The molecule has 1 aliphatic rings. The number of likely N-dealkylation sites (tertiary alicyclic amines) is 1. The van der Waals surface area contributed by atoms with Crippen LogP contribution < -0.4 is 5.32 Å². The van der Waals surface area contributed by atoms with Gasteiger partial charge in [0.2, 0.25) is 0 Å². The Kier molecular flexibility index (Phi) is 6.47. The van der Waals surface area contributed by atoms with Gasteiger partial charge in [0, 0.05) is 6.42 Å². The monoisotopic (exact) mass is 208 g/mol. The summed E-state index contributed by atoms with van der Waals surface area (Å²) in [6.45, 7) is 8.20. The minimum Gasteiger partial charge on any atom is -0.317 e. The molecule has 1 aliphatic heterocycles. The average molecular weight is 208 g/mol. The molecule has 2 nitrogen and oxygen atoms in total. The molecule has 1 N–H and O–H groups in total. The van der Waals surface area contributed by atoms with Gasteiger partial charge in [0.1, 0.15) is 0 Å². The van der Waals surface area contributed by atoms with Crippen molar-refractivity contribution in [2.24, 2.45) is 5.92 Å². The lowest BCUT2D eigenvalue weighted by Gasteiger charge is -2.31. The molecule has 0 aromatic carbocycles. The molecule has 0 spiro atoms. The lowest BCUT2D eigenvalue weighted by molar-refractivity contribution is 0.181. The highest BCUT2D eigenvalue weighted by Gasteiger charge is 2.17. The van der Waals surface area contributed by atoms with Crippen molar-refractivity contribution in [2.75, 3.05) is 32.7 Å². The van der Waals surface area contributed by atoms with Crippen molar-refractivity contribution < 1.29 is 0 Å². The van der Waals surface area contributed by atoms with Crippen molar-refractivity contribution in [1.29, 1.82) is 0 Å². The van der Waals surface area contributed by atoms with Crippen LogP contribution >= 0.6 is 0 Å². The molecule has 1 saturated heterocycles. The largest absolute Gasteiger partial charge is 0.317 e. The zero-order valence-corrected chi connectivity index (χ0v) is 9.97. The third-order valence-electron chi connectivity index (χ3n) is 3.19. The Hall–Kier alpha value is -0.520.